The maximum Gasteiger partial charge on any atom is 0.305 e. The number of hydrogen-bond acceptors (Lipinski definition) is 6. The molecule has 1 heterocycles. The first-order valence-electron chi connectivity index (χ1n) is 5.79. The van der Waals surface area contributed by atoms with E-state index in [9.17, 15) is 18.9 Å². The third-order valence-electron chi connectivity index (χ3n) is 2.82. The minimum atomic E-state index is -1.26. The zero-order chi connectivity index (χ0) is 14.3. The van der Waals surface area contributed by atoms with Gasteiger partial charge in [0.05, 0.1) is 10.5 Å². The van der Waals surface area contributed by atoms with Gasteiger partial charge in [0.2, 0.25) is 10.9 Å². The topological polar surface area (TPSA) is 81.0 Å². The number of hydrogen-bond donors (Lipinski definition) is 1. The fourth-order valence-corrected chi connectivity index (χ4v) is 2.33. The highest BCUT2D eigenvalue weighted by Crippen LogP contribution is 2.32. The molecule has 0 atom stereocenters. The van der Waals surface area contributed by atoms with E-state index in [2.05, 4.69) is 14.7 Å². The summed E-state index contributed by atoms with van der Waals surface area (Å²) in [5.41, 5.74) is -1.37. The lowest BCUT2D eigenvalue weighted by atomic mass is 10.1. The van der Waals surface area contributed by atoms with E-state index in [1.54, 1.807) is 0 Å². The molecular formula is C11H8F2N4O2S. The average molecular weight is 298 g/mol. The van der Waals surface area contributed by atoms with Gasteiger partial charge in [0.25, 0.3) is 0 Å². The van der Waals surface area contributed by atoms with E-state index < -0.39 is 27.8 Å². The Kier molecular flexibility index (Phi) is 3.05. The molecule has 6 nitrogen and oxygen atoms in total. The van der Waals surface area contributed by atoms with Crippen molar-refractivity contribution in [2.75, 3.05) is 5.32 Å². The molecule has 3 rings (SSSR count). The molecule has 1 N–H and O–H groups in total. The van der Waals surface area contributed by atoms with Gasteiger partial charge >= 0.3 is 5.69 Å². The van der Waals surface area contributed by atoms with Gasteiger partial charge in [0.15, 0.2) is 5.82 Å². The van der Waals surface area contributed by atoms with Crippen LogP contribution in [0.15, 0.2) is 12.1 Å². The molecule has 0 saturated heterocycles. The maximum atomic E-state index is 14.0. The molecule has 20 heavy (non-hydrogen) atoms. The van der Waals surface area contributed by atoms with Crippen molar-refractivity contribution in [1.82, 2.24) is 9.36 Å². The standard InChI is InChI=1S/C11H8F2N4O2S/c12-6-3-4-7(17(18)19)9(13)8(6)10-15-11(20-16-10)14-5-1-2-5/h3-5H,1-2H2,(H,14,15,16). The Morgan fingerprint density at radius 3 is 2.80 bits per heavy atom. The van der Waals surface area contributed by atoms with Crippen molar-refractivity contribution in [3.8, 4) is 11.4 Å². The summed E-state index contributed by atoms with van der Waals surface area (Å²) in [5, 5.41) is 14.2. The van der Waals surface area contributed by atoms with Gasteiger partial charge in [-0.3, -0.25) is 10.1 Å². The van der Waals surface area contributed by atoms with E-state index in [0.717, 1.165) is 36.5 Å². The Morgan fingerprint density at radius 2 is 2.15 bits per heavy atom. The fraction of sp³-hybridized carbons (Fsp3) is 0.273. The van der Waals surface area contributed by atoms with E-state index >= 15 is 0 Å². The molecule has 1 fully saturated rings. The monoisotopic (exact) mass is 298 g/mol. The van der Waals surface area contributed by atoms with Gasteiger partial charge in [-0.15, -0.1) is 0 Å². The Morgan fingerprint density at radius 1 is 1.40 bits per heavy atom. The van der Waals surface area contributed by atoms with Gasteiger partial charge in [-0.25, -0.2) is 4.39 Å². The van der Waals surface area contributed by atoms with Gasteiger partial charge in [0, 0.05) is 23.6 Å². The number of nitro groups is 1. The number of nitro benzene ring substituents is 1. The van der Waals surface area contributed by atoms with Crippen LogP contribution in [0.5, 0.6) is 0 Å². The maximum absolute atomic E-state index is 14.0. The zero-order valence-corrected chi connectivity index (χ0v) is 10.8. The normalized spacial score (nSPS) is 14.3. The highest BCUT2D eigenvalue weighted by atomic mass is 32.1. The van der Waals surface area contributed by atoms with Gasteiger partial charge in [0.1, 0.15) is 5.82 Å². The summed E-state index contributed by atoms with van der Waals surface area (Å²) in [6, 6.07) is 1.95. The summed E-state index contributed by atoms with van der Waals surface area (Å²) in [6.07, 6.45) is 2.04. The fourth-order valence-electron chi connectivity index (χ4n) is 1.67. The summed E-state index contributed by atoms with van der Waals surface area (Å²) in [7, 11) is 0. The molecule has 1 aliphatic rings. The van der Waals surface area contributed by atoms with Crippen molar-refractivity contribution < 1.29 is 13.7 Å². The lowest BCUT2D eigenvalue weighted by molar-refractivity contribution is -0.387. The predicted octanol–water partition coefficient (Wildman–Crippen LogP) is 2.97. The Labute approximate surface area is 115 Å². The predicted molar refractivity (Wildman–Crippen MR) is 68.6 cm³/mol. The Hall–Kier alpha value is -2.16. The summed E-state index contributed by atoms with van der Waals surface area (Å²) in [6.45, 7) is 0. The van der Waals surface area contributed by atoms with E-state index in [4.69, 9.17) is 0 Å². The first-order valence-corrected chi connectivity index (χ1v) is 6.56. The highest BCUT2D eigenvalue weighted by Gasteiger charge is 2.26. The number of benzene rings is 1. The van der Waals surface area contributed by atoms with Crippen LogP contribution in [0.3, 0.4) is 0 Å². The first kappa shape index (κ1) is 12.9. The molecular weight excluding hydrogens is 290 g/mol. The van der Waals surface area contributed by atoms with E-state index in [1.807, 2.05) is 0 Å². The average Bonchev–Trinajstić information content (AvgIpc) is 3.07. The van der Waals surface area contributed by atoms with Crippen molar-refractivity contribution in [2.24, 2.45) is 0 Å². The number of anilines is 1. The molecule has 104 valence electrons. The molecule has 0 spiro atoms. The molecule has 0 bridgehead atoms. The van der Waals surface area contributed by atoms with Crippen molar-refractivity contribution >= 4 is 22.4 Å². The van der Waals surface area contributed by atoms with Crippen LogP contribution in [0.2, 0.25) is 0 Å². The second-order valence-corrected chi connectivity index (χ2v) is 5.11. The molecule has 1 aromatic heterocycles. The molecule has 1 aromatic carbocycles. The Balaban J connectivity index is 2.01. The van der Waals surface area contributed by atoms with Gasteiger partial charge in [-0.05, 0) is 18.9 Å². The summed E-state index contributed by atoms with van der Waals surface area (Å²) < 4.78 is 31.5. The largest absolute Gasteiger partial charge is 0.358 e. The molecule has 1 aliphatic carbocycles. The minimum Gasteiger partial charge on any atom is -0.358 e. The second-order valence-electron chi connectivity index (χ2n) is 4.35. The number of nitrogens with one attached hydrogen (secondary N) is 1. The number of rotatable bonds is 4. The molecule has 1 saturated carbocycles. The van der Waals surface area contributed by atoms with E-state index in [-0.39, 0.29) is 5.82 Å². The summed E-state index contributed by atoms with van der Waals surface area (Å²) in [4.78, 5) is 13.7. The highest BCUT2D eigenvalue weighted by molar-refractivity contribution is 7.09. The van der Waals surface area contributed by atoms with Gasteiger partial charge in [-0.2, -0.15) is 13.7 Å². The molecule has 0 radical (unpaired) electrons. The van der Waals surface area contributed by atoms with Crippen LogP contribution in [-0.2, 0) is 0 Å². The quantitative estimate of drug-likeness (QED) is 0.693. The SMILES string of the molecule is O=[N+]([O-])c1ccc(F)c(-c2nsc(NC3CC3)n2)c1F. The summed E-state index contributed by atoms with van der Waals surface area (Å²) in [5.74, 6) is -2.37. The zero-order valence-electron chi connectivity index (χ0n) is 9.97. The van der Waals surface area contributed by atoms with Crippen LogP contribution in [0.4, 0.5) is 19.6 Å². The first-order chi connectivity index (χ1) is 9.56. The van der Waals surface area contributed by atoms with E-state index in [0.29, 0.717) is 11.2 Å². The van der Waals surface area contributed by atoms with Crippen LogP contribution in [0.1, 0.15) is 12.8 Å². The molecule has 0 aliphatic heterocycles. The van der Waals surface area contributed by atoms with Crippen molar-refractivity contribution in [3.63, 3.8) is 0 Å². The Bertz CT molecular complexity index is 687. The molecule has 2 aromatic rings. The molecule has 9 heteroatoms. The van der Waals surface area contributed by atoms with Crippen molar-refractivity contribution in [3.05, 3.63) is 33.9 Å². The summed E-state index contributed by atoms with van der Waals surface area (Å²) >= 11 is 0.969. The number of halogens is 2. The second kappa shape index (κ2) is 4.75. The number of nitrogens with zero attached hydrogens (tertiary/aromatic N) is 3. The third-order valence-corrected chi connectivity index (χ3v) is 3.47. The lowest BCUT2D eigenvalue weighted by Crippen LogP contribution is -2.01. The van der Waals surface area contributed by atoms with Gasteiger partial charge in [-0.1, -0.05) is 0 Å². The third kappa shape index (κ3) is 2.31. The lowest BCUT2D eigenvalue weighted by Gasteiger charge is -2.01. The molecule has 0 amide bonds. The van der Waals surface area contributed by atoms with E-state index in [1.165, 1.54) is 0 Å². The van der Waals surface area contributed by atoms with Crippen molar-refractivity contribution in [2.45, 2.75) is 18.9 Å². The van der Waals surface area contributed by atoms with Crippen LogP contribution in [0.25, 0.3) is 11.4 Å². The van der Waals surface area contributed by atoms with Crippen LogP contribution < -0.4 is 5.32 Å². The molecule has 0 unspecified atom stereocenters. The van der Waals surface area contributed by atoms with Crippen LogP contribution in [-0.4, -0.2) is 20.3 Å². The number of aromatic nitrogens is 2. The van der Waals surface area contributed by atoms with Crippen LogP contribution >= 0.6 is 11.5 Å². The smallest absolute Gasteiger partial charge is 0.305 e. The minimum absolute atomic E-state index is 0.183. The van der Waals surface area contributed by atoms with Crippen molar-refractivity contribution in [1.29, 1.82) is 0 Å². The van der Waals surface area contributed by atoms with Gasteiger partial charge < -0.3 is 5.32 Å². The van der Waals surface area contributed by atoms with Crippen LogP contribution in [0, 0.1) is 21.7 Å².